The van der Waals surface area contributed by atoms with Crippen molar-refractivity contribution in [2.24, 2.45) is 5.92 Å². The van der Waals surface area contributed by atoms with Gasteiger partial charge in [0.2, 0.25) is 5.91 Å². The summed E-state index contributed by atoms with van der Waals surface area (Å²) in [7, 11) is 0. The largest absolute Gasteiger partial charge is 0.333 e. The summed E-state index contributed by atoms with van der Waals surface area (Å²) in [5.74, 6) is 1.01. The van der Waals surface area contributed by atoms with Crippen LogP contribution < -0.4 is 5.32 Å². The minimum absolute atomic E-state index is 0. The Bertz CT molecular complexity index is 542. The van der Waals surface area contributed by atoms with Crippen LogP contribution in [0.5, 0.6) is 0 Å². The molecule has 3 nitrogen and oxygen atoms in total. The minimum atomic E-state index is 0. The molecule has 1 aromatic carbocycles. The number of hydrogen-bond donors (Lipinski definition) is 1. The van der Waals surface area contributed by atoms with E-state index in [0.717, 1.165) is 42.9 Å². The minimum Gasteiger partial charge on any atom is -0.333 e. The Kier molecular flexibility index (Phi) is 7.39. The highest BCUT2D eigenvalue weighted by molar-refractivity contribution is 6.31. The molecular weight excluding hydrogens is 343 g/mol. The monoisotopic (exact) mass is 370 g/mol. The first-order valence-electron chi connectivity index (χ1n) is 8.93. The third-order valence-corrected chi connectivity index (χ3v) is 5.57. The lowest BCUT2D eigenvalue weighted by atomic mass is 9.92. The Balaban J connectivity index is 0.00000208. The van der Waals surface area contributed by atoms with E-state index in [4.69, 9.17) is 11.6 Å². The molecule has 1 atom stereocenters. The normalized spacial score (nSPS) is 19.4. The molecule has 1 saturated heterocycles. The Labute approximate surface area is 156 Å². The zero-order valence-corrected chi connectivity index (χ0v) is 15.9. The fraction of sp³-hybridized carbons (Fsp3) is 0.632. The number of rotatable bonds is 6. The van der Waals surface area contributed by atoms with Crippen molar-refractivity contribution in [3.63, 3.8) is 0 Å². The smallest absolute Gasteiger partial charge is 0.223 e. The van der Waals surface area contributed by atoms with Gasteiger partial charge in [-0.2, -0.15) is 0 Å². The van der Waals surface area contributed by atoms with E-state index < -0.39 is 0 Å². The van der Waals surface area contributed by atoms with Crippen LogP contribution in [-0.4, -0.2) is 29.9 Å². The molecule has 0 spiro atoms. The van der Waals surface area contributed by atoms with Gasteiger partial charge in [-0.05, 0) is 69.7 Å². The molecule has 1 N–H and O–H groups in total. The van der Waals surface area contributed by atoms with E-state index in [2.05, 4.69) is 17.1 Å². The van der Waals surface area contributed by atoms with E-state index in [0.29, 0.717) is 24.3 Å². The molecule has 134 valence electrons. The summed E-state index contributed by atoms with van der Waals surface area (Å²) < 4.78 is 0. The number of carbonyl (C=O) groups is 1. The molecule has 2 fully saturated rings. The second-order valence-corrected chi connectivity index (χ2v) is 7.37. The lowest BCUT2D eigenvalue weighted by molar-refractivity contribution is -0.134. The van der Waals surface area contributed by atoms with Crippen molar-refractivity contribution in [1.29, 1.82) is 0 Å². The van der Waals surface area contributed by atoms with Gasteiger partial charge in [0.05, 0.1) is 6.04 Å². The van der Waals surface area contributed by atoms with Gasteiger partial charge in [-0.3, -0.25) is 4.79 Å². The Morgan fingerprint density at radius 3 is 2.54 bits per heavy atom. The second-order valence-electron chi connectivity index (χ2n) is 6.96. The molecular formula is C19H28Cl2N2O. The number of piperidine rings is 1. The summed E-state index contributed by atoms with van der Waals surface area (Å²) in [4.78, 5) is 15.0. The molecule has 1 unspecified atom stereocenters. The highest BCUT2D eigenvalue weighted by Crippen LogP contribution is 2.37. The Hall–Kier alpha value is -0.770. The topological polar surface area (TPSA) is 32.3 Å². The van der Waals surface area contributed by atoms with Gasteiger partial charge in [-0.15, -0.1) is 12.4 Å². The van der Waals surface area contributed by atoms with Crippen molar-refractivity contribution in [2.45, 2.75) is 57.5 Å². The van der Waals surface area contributed by atoms with Gasteiger partial charge in [-0.1, -0.05) is 29.8 Å². The van der Waals surface area contributed by atoms with Gasteiger partial charge in [-0.25, -0.2) is 0 Å². The number of amides is 1. The average Bonchev–Trinajstić information content (AvgIpc) is 3.39. The van der Waals surface area contributed by atoms with E-state index in [9.17, 15) is 4.79 Å². The maximum Gasteiger partial charge on any atom is 0.223 e. The molecule has 2 aliphatic rings. The summed E-state index contributed by atoms with van der Waals surface area (Å²) in [6.45, 7) is 4.31. The first-order valence-corrected chi connectivity index (χ1v) is 9.31. The van der Waals surface area contributed by atoms with Crippen LogP contribution in [0.4, 0.5) is 0 Å². The molecule has 0 aromatic heterocycles. The van der Waals surface area contributed by atoms with E-state index in [-0.39, 0.29) is 18.4 Å². The second kappa shape index (κ2) is 9.07. The van der Waals surface area contributed by atoms with Crippen LogP contribution in [-0.2, 0) is 4.79 Å². The fourth-order valence-electron chi connectivity index (χ4n) is 3.68. The molecule has 0 radical (unpaired) electrons. The predicted molar refractivity (Wildman–Crippen MR) is 102 cm³/mol. The maximum atomic E-state index is 12.9. The highest BCUT2D eigenvalue weighted by Gasteiger charge is 2.36. The first kappa shape index (κ1) is 19.6. The van der Waals surface area contributed by atoms with Gasteiger partial charge < -0.3 is 10.2 Å². The van der Waals surface area contributed by atoms with Gasteiger partial charge in [0.25, 0.3) is 0 Å². The van der Waals surface area contributed by atoms with Crippen molar-refractivity contribution in [3.8, 4) is 0 Å². The van der Waals surface area contributed by atoms with E-state index >= 15 is 0 Å². The molecule has 1 heterocycles. The maximum absolute atomic E-state index is 12.9. The molecule has 1 amide bonds. The summed E-state index contributed by atoms with van der Waals surface area (Å²) in [6.07, 6.45) is 6.38. The van der Waals surface area contributed by atoms with Crippen molar-refractivity contribution in [3.05, 3.63) is 34.9 Å². The number of hydrogen-bond acceptors (Lipinski definition) is 2. The zero-order valence-electron chi connectivity index (χ0n) is 14.3. The summed E-state index contributed by atoms with van der Waals surface area (Å²) in [5, 5.41) is 4.15. The molecule has 24 heavy (non-hydrogen) atoms. The van der Waals surface area contributed by atoms with Gasteiger partial charge in [0.15, 0.2) is 0 Å². The van der Waals surface area contributed by atoms with Crippen molar-refractivity contribution in [1.82, 2.24) is 10.2 Å². The van der Waals surface area contributed by atoms with Crippen LogP contribution >= 0.6 is 24.0 Å². The van der Waals surface area contributed by atoms with Gasteiger partial charge in [0, 0.05) is 17.5 Å². The average molecular weight is 371 g/mol. The van der Waals surface area contributed by atoms with Crippen molar-refractivity contribution < 1.29 is 4.79 Å². The third-order valence-electron chi connectivity index (χ3n) is 5.23. The number of nitrogens with zero attached hydrogens (tertiary/aromatic N) is 1. The summed E-state index contributed by atoms with van der Waals surface area (Å²) in [5.41, 5.74) is 1.07. The van der Waals surface area contributed by atoms with Gasteiger partial charge in [0.1, 0.15) is 0 Å². The quantitative estimate of drug-likeness (QED) is 0.793. The van der Waals surface area contributed by atoms with E-state index in [1.165, 1.54) is 12.8 Å². The fourth-order valence-corrected chi connectivity index (χ4v) is 3.97. The number of nitrogens with one attached hydrogen (secondary N) is 1. The van der Waals surface area contributed by atoms with Crippen LogP contribution in [0.25, 0.3) is 0 Å². The van der Waals surface area contributed by atoms with Crippen LogP contribution in [0.15, 0.2) is 24.3 Å². The third kappa shape index (κ3) is 4.87. The molecule has 3 rings (SSSR count). The van der Waals surface area contributed by atoms with Crippen molar-refractivity contribution >= 4 is 29.9 Å². The predicted octanol–water partition coefficient (Wildman–Crippen LogP) is 4.59. The van der Waals surface area contributed by atoms with Gasteiger partial charge >= 0.3 is 0 Å². The molecule has 1 saturated carbocycles. The first-order chi connectivity index (χ1) is 11.2. The molecule has 5 heteroatoms. The number of carbonyl (C=O) groups excluding carboxylic acids is 1. The van der Waals surface area contributed by atoms with E-state index in [1.807, 2.05) is 24.3 Å². The number of halogens is 2. The van der Waals surface area contributed by atoms with Crippen LogP contribution in [0.1, 0.15) is 57.1 Å². The lowest BCUT2D eigenvalue weighted by Crippen LogP contribution is -2.36. The summed E-state index contributed by atoms with van der Waals surface area (Å²) >= 11 is 6.35. The van der Waals surface area contributed by atoms with Crippen LogP contribution in [0, 0.1) is 5.92 Å². The standard InChI is InChI=1S/C19H27ClN2O.ClH/c1-14(17-4-2-3-5-18(17)20)22(16-7-8-16)19(23)9-6-15-10-12-21-13-11-15;/h2-5,14-16,21H,6-13H2,1H3;1H. The summed E-state index contributed by atoms with van der Waals surface area (Å²) in [6, 6.07) is 8.39. The van der Waals surface area contributed by atoms with Crippen LogP contribution in [0.2, 0.25) is 5.02 Å². The SMILES string of the molecule is CC(c1ccccc1Cl)N(C(=O)CCC1CCNCC1)C1CC1.Cl. The lowest BCUT2D eigenvalue weighted by Gasteiger charge is -2.31. The van der Waals surface area contributed by atoms with Crippen molar-refractivity contribution in [2.75, 3.05) is 13.1 Å². The molecule has 1 aliphatic carbocycles. The van der Waals surface area contributed by atoms with E-state index in [1.54, 1.807) is 0 Å². The van der Waals surface area contributed by atoms with Crippen LogP contribution in [0.3, 0.4) is 0 Å². The Morgan fingerprint density at radius 1 is 1.25 bits per heavy atom. The Morgan fingerprint density at radius 2 is 1.92 bits per heavy atom. The molecule has 1 aromatic rings. The number of benzene rings is 1. The molecule has 0 bridgehead atoms. The molecule has 1 aliphatic heterocycles. The highest BCUT2D eigenvalue weighted by atomic mass is 35.5. The zero-order chi connectivity index (χ0) is 16.2.